The molecule has 1 aromatic carbocycles. The average Bonchev–Trinajstić information content (AvgIpc) is 2.43. The summed E-state index contributed by atoms with van der Waals surface area (Å²) in [6.45, 7) is 1.61. The minimum absolute atomic E-state index is 0.0294. The standard InChI is InChI=1S/C16H23NO3/c1-13(18)7-5-3-4-6-8-16(19)17-14-9-11-15(20-2)12-10-14/h9-12H,3-8H2,1-2H3,(H,17,19). The Kier molecular flexibility index (Phi) is 7.40. The van der Waals surface area contributed by atoms with Crippen LogP contribution in [0.4, 0.5) is 5.69 Å². The second-order valence-electron chi connectivity index (χ2n) is 4.89. The van der Waals surface area contributed by atoms with Crippen molar-refractivity contribution in [2.75, 3.05) is 12.4 Å². The van der Waals surface area contributed by atoms with E-state index in [2.05, 4.69) is 5.32 Å². The Bertz CT molecular complexity index is 426. The molecule has 0 heterocycles. The fourth-order valence-electron chi connectivity index (χ4n) is 1.91. The molecule has 4 nitrogen and oxygen atoms in total. The number of ketones is 1. The van der Waals surface area contributed by atoms with Gasteiger partial charge in [0.1, 0.15) is 11.5 Å². The Labute approximate surface area is 120 Å². The number of ether oxygens (including phenoxy) is 1. The molecule has 0 saturated heterocycles. The average molecular weight is 277 g/mol. The fraction of sp³-hybridized carbons (Fsp3) is 0.500. The van der Waals surface area contributed by atoms with Crippen LogP contribution in [0.25, 0.3) is 0 Å². The highest BCUT2D eigenvalue weighted by Gasteiger charge is 2.02. The van der Waals surface area contributed by atoms with Crippen molar-refractivity contribution < 1.29 is 14.3 Å². The number of methoxy groups -OCH3 is 1. The molecule has 1 amide bonds. The molecule has 1 aromatic rings. The minimum atomic E-state index is 0.0294. The molecule has 0 saturated carbocycles. The maximum Gasteiger partial charge on any atom is 0.224 e. The van der Waals surface area contributed by atoms with Crippen LogP contribution in [0.1, 0.15) is 45.4 Å². The van der Waals surface area contributed by atoms with Gasteiger partial charge in [-0.3, -0.25) is 4.79 Å². The van der Waals surface area contributed by atoms with Crippen LogP contribution in [0.5, 0.6) is 5.75 Å². The molecule has 0 aliphatic heterocycles. The predicted molar refractivity (Wildman–Crippen MR) is 80.0 cm³/mol. The molecule has 1 rings (SSSR count). The van der Waals surface area contributed by atoms with Crippen molar-refractivity contribution >= 4 is 17.4 Å². The smallest absolute Gasteiger partial charge is 0.224 e. The quantitative estimate of drug-likeness (QED) is 0.702. The van der Waals surface area contributed by atoms with Crippen LogP contribution >= 0.6 is 0 Å². The zero-order chi connectivity index (χ0) is 14.8. The van der Waals surface area contributed by atoms with Crippen molar-refractivity contribution in [2.24, 2.45) is 0 Å². The lowest BCUT2D eigenvalue weighted by Crippen LogP contribution is -2.10. The summed E-state index contributed by atoms with van der Waals surface area (Å²) in [6, 6.07) is 7.28. The molecule has 0 aromatic heterocycles. The number of rotatable bonds is 9. The van der Waals surface area contributed by atoms with Crippen LogP contribution < -0.4 is 10.1 Å². The van der Waals surface area contributed by atoms with Gasteiger partial charge in [0.05, 0.1) is 7.11 Å². The predicted octanol–water partition coefficient (Wildman–Crippen LogP) is 3.56. The Hall–Kier alpha value is -1.84. The van der Waals surface area contributed by atoms with Gasteiger partial charge >= 0.3 is 0 Å². The zero-order valence-corrected chi connectivity index (χ0v) is 12.3. The number of Topliss-reactive ketones (excluding diaryl/α,β-unsaturated/α-hetero) is 1. The summed E-state index contributed by atoms with van der Waals surface area (Å²) in [5.74, 6) is 1.04. The summed E-state index contributed by atoms with van der Waals surface area (Å²) in [4.78, 5) is 22.5. The molecule has 0 aliphatic carbocycles. The topological polar surface area (TPSA) is 55.4 Å². The Balaban J connectivity index is 2.15. The third kappa shape index (κ3) is 6.92. The van der Waals surface area contributed by atoms with Gasteiger partial charge in [-0.05, 0) is 44.0 Å². The largest absolute Gasteiger partial charge is 0.497 e. The maximum absolute atomic E-state index is 11.7. The Morgan fingerprint density at radius 1 is 1.00 bits per heavy atom. The molecule has 0 radical (unpaired) electrons. The molecule has 1 N–H and O–H groups in total. The van der Waals surface area contributed by atoms with Crippen molar-refractivity contribution in [3.05, 3.63) is 24.3 Å². The van der Waals surface area contributed by atoms with Crippen molar-refractivity contribution in [2.45, 2.75) is 45.4 Å². The SMILES string of the molecule is COc1ccc(NC(=O)CCCCCCC(C)=O)cc1. The molecule has 0 atom stereocenters. The van der Waals surface area contributed by atoms with E-state index in [1.165, 1.54) is 0 Å². The molecule has 0 bridgehead atoms. The number of carbonyl (C=O) groups is 2. The number of anilines is 1. The molecule has 0 unspecified atom stereocenters. The molecular weight excluding hydrogens is 254 g/mol. The van der Waals surface area contributed by atoms with Crippen LogP contribution in [0.2, 0.25) is 0 Å². The monoisotopic (exact) mass is 277 g/mol. The number of hydrogen-bond donors (Lipinski definition) is 1. The normalized spacial score (nSPS) is 10.1. The molecule has 0 aliphatic rings. The number of hydrogen-bond acceptors (Lipinski definition) is 3. The third-order valence-corrected chi connectivity index (χ3v) is 3.06. The number of benzene rings is 1. The summed E-state index contributed by atoms with van der Waals surface area (Å²) in [7, 11) is 1.61. The van der Waals surface area contributed by atoms with Gasteiger partial charge in [-0.2, -0.15) is 0 Å². The minimum Gasteiger partial charge on any atom is -0.497 e. The summed E-state index contributed by atoms with van der Waals surface area (Å²) in [5.41, 5.74) is 0.785. The lowest BCUT2D eigenvalue weighted by atomic mass is 10.1. The van der Waals surface area contributed by atoms with Crippen molar-refractivity contribution in [3.8, 4) is 5.75 Å². The molecule has 0 spiro atoms. The molecule has 0 fully saturated rings. The van der Waals surface area contributed by atoms with Crippen LogP contribution in [0.15, 0.2) is 24.3 Å². The molecular formula is C16H23NO3. The van der Waals surface area contributed by atoms with Gasteiger partial charge in [0, 0.05) is 18.5 Å². The third-order valence-electron chi connectivity index (χ3n) is 3.06. The fourth-order valence-corrected chi connectivity index (χ4v) is 1.91. The first kappa shape index (κ1) is 16.2. The molecule has 4 heteroatoms. The van der Waals surface area contributed by atoms with Gasteiger partial charge in [-0.1, -0.05) is 12.8 Å². The maximum atomic E-state index is 11.7. The first-order chi connectivity index (χ1) is 9.61. The Morgan fingerprint density at radius 3 is 2.15 bits per heavy atom. The summed E-state index contributed by atoms with van der Waals surface area (Å²) in [5, 5.41) is 2.85. The number of unbranched alkanes of at least 4 members (excludes halogenated alkanes) is 3. The van der Waals surface area contributed by atoms with Gasteiger partial charge in [0.25, 0.3) is 0 Å². The highest BCUT2D eigenvalue weighted by Crippen LogP contribution is 2.15. The van der Waals surface area contributed by atoms with Crippen LogP contribution in [0.3, 0.4) is 0 Å². The van der Waals surface area contributed by atoms with Gasteiger partial charge in [0.15, 0.2) is 0 Å². The van der Waals surface area contributed by atoms with E-state index >= 15 is 0 Å². The van der Waals surface area contributed by atoms with E-state index in [0.29, 0.717) is 12.8 Å². The number of nitrogens with one attached hydrogen (secondary N) is 1. The summed E-state index contributed by atoms with van der Waals surface area (Å²) < 4.78 is 5.06. The van der Waals surface area contributed by atoms with E-state index in [-0.39, 0.29) is 11.7 Å². The van der Waals surface area contributed by atoms with E-state index in [4.69, 9.17) is 4.74 Å². The highest BCUT2D eigenvalue weighted by atomic mass is 16.5. The van der Waals surface area contributed by atoms with E-state index in [1.54, 1.807) is 14.0 Å². The van der Waals surface area contributed by atoms with Crippen LogP contribution in [-0.4, -0.2) is 18.8 Å². The summed E-state index contributed by atoms with van der Waals surface area (Å²) in [6.07, 6.45) is 4.96. The lowest BCUT2D eigenvalue weighted by Gasteiger charge is -2.06. The Morgan fingerprint density at radius 2 is 1.60 bits per heavy atom. The van der Waals surface area contributed by atoms with Gasteiger partial charge in [-0.15, -0.1) is 0 Å². The first-order valence-electron chi connectivity index (χ1n) is 7.05. The van der Waals surface area contributed by atoms with Gasteiger partial charge < -0.3 is 14.8 Å². The second kappa shape index (κ2) is 9.13. The van der Waals surface area contributed by atoms with Crippen molar-refractivity contribution in [1.29, 1.82) is 0 Å². The van der Waals surface area contributed by atoms with Crippen molar-refractivity contribution in [1.82, 2.24) is 0 Å². The van der Waals surface area contributed by atoms with Crippen molar-refractivity contribution in [3.63, 3.8) is 0 Å². The van der Waals surface area contributed by atoms with Crippen LogP contribution in [0, 0.1) is 0 Å². The lowest BCUT2D eigenvalue weighted by molar-refractivity contribution is -0.117. The second-order valence-corrected chi connectivity index (χ2v) is 4.89. The van der Waals surface area contributed by atoms with E-state index in [0.717, 1.165) is 37.1 Å². The van der Waals surface area contributed by atoms with Crippen LogP contribution in [-0.2, 0) is 9.59 Å². The first-order valence-corrected chi connectivity index (χ1v) is 7.05. The van der Waals surface area contributed by atoms with Gasteiger partial charge in [-0.25, -0.2) is 0 Å². The van der Waals surface area contributed by atoms with E-state index < -0.39 is 0 Å². The molecule has 110 valence electrons. The summed E-state index contributed by atoms with van der Waals surface area (Å²) >= 11 is 0. The van der Waals surface area contributed by atoms with Gasteiger partial charge in [0.2, 0.25) is 5.91 Å². The van der Waals surface area contributed by atoms with E-state index in [9.17, 15) is 9.59 Å². The zero-order valence-electron chi connectivity index (χ0n) is 12.3. The number of amides is 1. The number of carbonyl (C=O) groups excluding carboxylic acids is 2. The highest BCUT2D eigenvalue weighted by molar-refractivity contribution is 5.90. The molecule has 20 heavy (non-hydrogen) atoms. The van der Waals surface area contributed by atoms with E-state index in [1.807, 2.05) is 24.3 Å².